The van der Waals surface area contributed by atoms with Crippen molar-refractivity contribution in [2.45, 2.75) is 26.7 Å². The molecule has 1 aliphatic heterocycles. The van der Waals surface area contributed by atoms with Crippen LogP contribution in [0, 0.1) is 12.3 Å². The van der Waals surface area contributed by atoms with E-state index < -0.39 is 0 Å². The van der Waals surface area contributed by atoms with Crippen molar-refractivity contribution in [3.63, 3.8) is 0 Å². The molecular formula is C17H24ClN5O. The lowest BCUT2D eigenvalue weighted by molar-refractivity contribution is 0.0921. The van der Waals surface area contributed by atoms with Crippen molar-refractivity contribution in [1.82, 2.24) is 25.4 Å². The summed E-state index contributed by atoms with van der Waals surface area (Å²) < 4.78 is 1.69. The molecule has 0 spiro atoms. The Morgan fingerprint density at radius 2 is 2.12 bits per heavy atom. The van der Waals surface area contributed by atoms with Crippen molar-refractivity contribution in [3.8, 4) is 5.69 Å². The van der Waals surface area contributed by atoms with E-state index in [0.29, 0.717) is 5.56 Å². The van der Waals surface area contributed by atoms with Crippen LogP contribution in [-0.2, 0) is 0 Å². The molecule has 1 aromatic carbocycles. The SMILES string of the molecule is Cc1cc(-n2cncn2)ccc1C(=O)NCC1(C)CCNCC1.Cl. The maximum atomic E-state index is 12.5. The summed E-state index contributed by atoms with van der Waals surface area (Å²) in [5, 5.41) is 10.6. The molecule has 1 fully saturated rings. The maximum absolute atomic E-state index is 12.5. The van der Waals surface area contributed by atoms with Gasteiger partial charge in [0.1, 0.15) is 12.7 Å². The summed E-state index contributed by atoms with van der Waals surface area (Å²) in [6, 6.07) is 5.70. The summed E-state index contributed by atoms with van der Waals surface area (Å²) in [6.45, 7) is 6.96. The first kappa shape index (κ1) is 18.4. The van der Waals surface area contributed by atoms with Crippen LogP contribution in [-0.4, -0.2) is 40.3 Å². The van der Waals surface area contributed by atoms with Crippen molar-refractivity contribution in [3.05, 3.63) is 42.0 Å². The lowest BCUT2D eigenvalue weighted by Gasteiger charge is -2.34. The molecular weight excluding hydrogens is 326 g/mol. The van der Waals surface area contributed by atoms with Gasteiger partial charge in [-0.1, -0.05) is 6.92 Å². The number of carbonyl (C=O) groups is 1. The molecule has 3 rings (SSSR count). The first-order valence-corrected chi connectivity index (χ1v) is 8.02. The molecule has 2 N–H and O–H groups in total. The van der Waals surface area contributed by atoms with Crippen LogP contribution in [0.15, 0.2) is 30.9 Å². The summed E-state index contributed by atoms with van der Waals surface area (Å²) in [5.74, 6) is -0.00704. The van der Waals surface area contributed by atoms with Gasteiger partial charge in [0.15, 0.2) is 0 Å². The Hall–Kier alpha value is -1.92. The van der Waals surface area contributed by atoms with E-state index in [-0.39, 0.29) is 23.7 Å². The second-order valence-electron chi connectivity index (χ2n) is 6.58. The number of piperidine rings is 1. The van der Waals surface area contributed by atoms with Gasteiger partial charge >= 0.3 is 0 Å². The van der Waals surface area contributed by atoms with Crippen LogP contribution >= 0.6 is 12.4 Å². The third-order valence-electron chi connectivity index (χ3n) is 4.62. The maximum Gasteiger partial charge on any atom is 0.251 e. The standard InChI is InChI=1S/C17H23N5O.ClH/c1-13-9-14(22-12-19-11-21-22)3-4-15(13)16(23)20-10-17(2)5-7-18-8-6-17;/h3-4,9,11-12,18H,5-8,10H2,1-2H3,(H,20,23);1H. The van der Waals surface area contributed by atoms with Gasteiger partial charge in [-0.3, -0.25) is 4.79 Å². The van der Waals surface area contributed by atoms with Gasteiger partial charge in [-0.2, -0.15) is 5.10 Å². The number of halogens is 1. The fourth-order valence-electron chi connectivity index (χ4n) is 2.98. The fraction of sp³-hybridized carbons (Fsp3) is 0.471. The highest BCUT2D eigenvalue weighted by Crippen LogP contribution is 2.26. The van der Waals surface area contributed by atoms with Gasteiger partial charge in [-0.15, -0.1) is 12.4 Å². The third-order valence-corrected chi connectivity index (χ3v) is 4.62. The number of aryl methyl sites for hydroxylation is 1. The molecule has 2 aromatic rings. The molecule has 2 heterocycles. The molecule has 7 heteroatoms. The average molecular weight is 350 g/mol. The van der Waals surface area contributed by atoms with Crippen LogP contribution in [0.1, 0.15) is 35.7 Å². The summed E-state index contributed by atoms with van der Waals surface area (Å²) in [5.41, 5.74) is 2.74. The highest BCUT2D eigenvalue weighted by Gasteiger charge is 2.27. The van der Waals surface area contributed by atoms with Gasteiger partial charge in [0, 0.05) is 12.1 Å². The largest absolute Gasteiger partial charge is 0.351 e. The van der Waals surface area contributed by atoms with E-state index in [9.17, 15) is 4.79 Å². The van der Waals surface area contributed by atoms with Gasteiger partial charge < -0.3 is 10.6 Å². The zero-order valence-electron chi connectivity index (χ0n) is 14.1. The minimum Gasteiger partial charge on any atom is -0.351 e. The van der Waals surface area contributed by atoms with Gasteiger partial charge in [0.2, 0.25) is 0 Å². The lowest BCUT2D eigenvalue weighted by Crippen LogP contribution is -2.43. The second-order valence-corrected chi connectivity index (χ2v) is 6.58. The molecule has 130 valence electrons. The van der Waals surface area contributed by atoms with Crippen molar-refractivity contribution in [2.24, 2.45) is 5.41 Å². The Kier molecular flexibility index (Phi) is 5.96. The minimum atomic E-state index is -0.00704. The van der Waals surface area contributed by atoms with Crippen LogP contribution in [0.4, 0.5) is 0 Å². The Labute approximate surface area is 148 Å². The molecule has 0 atom stereocenters. The fourth-order valence-corrected chi connectivity index (χ4v) is 2.98. The van der Waals surface area contributed by atoms with E-state index >= 15 is 0 Å². The number of carbonyl (C=O) groups excluding carboxylic acids is 1. The number of rotatable bonds is 4. The van der Waals surface area contributed by atoms with Gasteiger partial charge in [-0.25, -0.2) is 9.67 Å². The number of nitrogens with zero attached hydrogens (tertiary/aromatic N) is 3. The molecule has 0 radical (unpaired) electrons. The van der Waals surface area contributed by atoms with Gasteiger partial charge in [0.25, 0.3) is 5.91 Å². The van der Waals surface area contributed by atoms with Crippen LogP contribution in [0.2, 0.25) is 0 Å². The Morgan fingerprint density at radius 1 is 1.38 bits per heavy atom. The van der Waals surface area contributed by atoms with E-state index in [0.717, 1.165) is 43.7 Å². The highest BCUT2D eigenvalue weighted by molar-refractivity contribution is 5.95. The number of amides is 1. The summed E-state index contributed by atoms with van der Waals surface area (Å²) in [6.07, 6.45) is 5.33. The lowest BCUT2D eigenvalue weighted by atomic mass is 9.81. The van der Waals surface area contributed by atoms with E-state index in [4.69, 9.17) is 0 Å². The Morgan fingerprint density at radius 3 is 2.75 bits per heavy atom. The molecule has 1 amide bonds. The molecule has 0 saturated carbocycles. The second kappa shape index (κ2) is 7.77. The third kappa shape index (κ3) is 4.13. The van der Waals surface area contributed by atoms with Crippen molar-refractivity contribution in [2.75, 3.05) is 19.6 Å². The molecule has 0 bridgehead atoms. The topological polar surface area (TPSA) is 71.8 Å². The van der Waals surface area contributed by atoms with Gasteiger partial charge in [0.05, 0.1) is 5.69 Å². The average Bonchev–Trinajstić information content (AvgIpc) is 3.08. The minimum absolute atomic E-state index is 0. The number of hydrogen-bond acceptors (Lipinski definition) is 4. The van der Waals surface area contributed by atoms with Crippen LogP contribution in [0.5, 0.6) is 0 Å². The molecule has 1 aromatic heterocycles. The predicted octanol–water partition coefficient (Wildman–Crippen LogP) is 2.12. The van der Waals surface area contributed by atoms with Crippen molar-refractivity contribution >= 4 is 18.3 Å². The summed E-state index contributed by atoms with van der Waals surface area (Å²) >= 11 is 0. The zero-order valence-corrected chi connectivity index (χ0v) is 14.9. The van der Waals surface area contributed by atoms with Gasteiger partial charge in [-0.05, 0) is 62.0 Å². The smallest absolute Gasteiger partial charge is 0.251 e. The molecule has 1 saturated heterocycles. The Bertz CT molecular complexity index is 680. The van der Waals surface area contributed by atoms with Crippen molar-refractivity contribution in [1.29, 1.82) is 0 Å². The van der Waals surface area contributed by atoms with Crippen LogP contribution < -0.4 is 10.6 Å². The van der Waals surface area contributed by atoms with E-state index in [2.05, 4.69) is 27.6 Å². The first-order valence-electron chi connectivity index (χ1n) is 8.02. The number of aromatic nitrogens is 3. The number of nitrogens with one attached hydrogen (secondary N) is 2. The molecule has 24 heavy (non-hydrogen) atoms. The number of hydrogen-bond donors (Lipinski definition) is 2. The predicted molar refractivity (Wildman–Crippen MR) is 95.9 cm³/mol. The molecule has 1 aliphatic rings. The monoisotopic (exact) mass is 349 g/mol. The summed E-state index contributed by atoms with van der Waals surface area (Å²) in [4.78, 5) is 16.4. The molecule has 6 nitrogen and oxygen atoms in total. The van der Waals surface area contributed by atoms with E-state index in [1.54, 1.807) is 11.0 Å². The van der Waals surface area contributed by atoms with Crippen LogP contribution in [0.25, 0.3) is 5.69 Å². The Balaban J connectivity index is 0.00000208. The number of benzene rings is 1. The summed E-state index contributed by atoms with van der Waals surface area (Å²) in [7, 11) is 0. The molecule has 0 aliphatic carbocycles. The normalized spacial score (nSPS) is 16.2. The first-order chi connectivity index (χ1) is 11.1. The van der Waals surface area contributed by atoms with E-state index in [1.165, 1.54) is 6.33 Å². The highest BCUT2D eigenvalue weighted by atomic mass is 35.5. The van der Waals surface area contributed by atoms with Crippen LogP contribution in [0.3, 0.4) is 0 Å². The zero-order chi connectivity index (χ0) is 16.3. The van der Waals surface area contributed by atoms with E-state index in [1.807, 2.05) is 25.1 Å². The van der Waals surface area contributed by atoms with Crippen molar-refractivity contribution < 1.29 is 4.79 Å². The quantitative estimate of drug-likeness (QED) is 0.886. The molecule has 0 unspecified atom stereocenters.